The predicted molar refractivity (Wildman–Crippen MR) is 63.4 cm³/mol. The molecule has 2 fully saturated rings. The molecule has 0 aromatic carbocycles. The molecule has 4 nitrogen and oxygen atoms in total. The highest BCUT2D eigenvalue weighted by atomic mass is 35.5. The van der Waals surface area contributed by atoms with E-state index in [4.69, 9.17) is 17.3 Å². The van der Waals surface area contributed by atoms with Crippen molar-refractivity contribution in [2.24, 2.45) is 17.6 Å². The molecule has 2 N–H and O–H groups in total. The Morgan fingerprint density at radius 3 is 2.62 bits per heavy atom. The first kappa shape index (κ1) is 10.3. The molecule has 1 aromatic rings. The normalized spacial score (nSPS) is 33.1. The Hall–Kier alpha value is -0.870. The molecule has 2 heterocycles. The minimum atomic E-state index is 0.390. The summed E-state index contributed by atoms with van der Waals surface area (Å²) in [6.07, 6.45) is 4.30. The highest BCUT2D eigenvalue weighted by molar-refractivity contribution is 6.29. The van der Waals surface area contributed by atoms with Crippen molar-refractivity contribution in [2.75, 3.05) is 18.0 Å². The number of nitrogens with zero attached hydrogens (tertiary/aromatic N) is 3. The highest BCUT2D eigenvalue weighted by Gasteiger charge is 2.39. The van der Waals surface area contributed by atoms with E-state index < -0.39 is 0 Å². The summed E-state index contributed by atoms with van der Waals surface area (Å²) in [7, 11) is 0. The molecule has 3 atom stereocenters. The second-order valence-corrected chi connectivity index (χ2v) is 5.20. The SMILES string of the molecule is N[C@H]1[C@@H]2CC[C@H]1CN(c1cnnc(Cl)c1)C2. The minimum absolute atomic E-state index is 0.390. The van der Waals surface area contributed by atoms with Crippen LogP contribution in [0.4, 0.5) is 5.69 Å². The molecule has 0 radical (unpaired) electrons. The predicted octanol–water partition coefficient (Wildman–Crippen LogP) is 1.30. The van der Waals surface area contributed by atoms with Crippen molar-refractivity contribution in [3.05, 3.63) is 17.4 Å². The van der Waals surface area contributed by atoms with Crippen LogP contribution in [0.1, 0.15) is 12.8 Å². The standard InChI is InChI=1S/C11H15ClN4/c12-10-3-9(4-14-15-10)16-5-7-1-2-8(6-16)11(7)13/h3-4,7-8,11H,1-2,5-6,13H2/t7-,8+,11+. The molecular formula is C11H15ClN4. The molecule has 1 aliphatic carbocycles. The van der Waals surface area contributed by atoms with Crippen LogP contribution in [0.3, 0.4) is 0 Å². The van der Waals surface area contributed by atoms with Crippen LogP contribution in [-0.2, 0) is 0 Å². The maximum absolute atomic E-state index is 6.17. The van der Waals surface area contributed by atoms with E-state index in [0.717, 1.165) is 18.8 Å². The lowest BCUT2D eigenvalue weighted by atomic mass is 9.93. The van der Waals surface area contributed by atoms with Crippen LogP contribution in [0, 0.1) is 11.8 Å². The number of nitrogens with two attached hydrogens (primary N) is 1. The van der Waals surface area contributed by atoms with Crippen LogP contribution >= 0.6 is 11.6 Å². The lowest BCUT2D eigenvalue weighted by Gasteiger charge is -2.37. The van der Waals surface area contributed by atoms with E-state index >= 15 is 0 Å². The Morgan fingerprint density at radius 1 is 1.31 bits per heavy atom. The monoisotopic (exact) mass is 238 g/mol. The zero-order valence-electron chi connectivity index (χ0n) is 9.01. The third-order valence-corrected chi connectivity index (χ3v) is 4.07. The van der Waals surface area contributed by atoms with E-state index in [9.17, 15) is 0 Å². The van der Waals surface area contributed by atoms with Crippen LogP contribution in [0.15, 0.2) is 12.3 Å². The van der Waals surface area contributed by atoms with Gasteiger partial charge in [-0.3, -0.25) is 0 Å². The Kier molecular flexibility index (Phi) is 2.48. The fourth-order valence-corrected chi connectivity index (χ4v) is 3.14. The quantitative estimate of drug-likeness (QED) is 0.802. The van der Waals surface area contributed by atoms with E-state index in [2.05, 4.69) is 15.1 Å². The van der Waals surface area contributed by atoms with Gasteiger partial charge in [0, 0.05) is 25.2 Å². The first-order valence-electron chi connectivity index (χ1n) is 5.73. The summed E-state index contributed by atoms with van der Waals surface area (Å²) in [5.74, 6) is 1.26. The topological polar surface area (TPSA) is 55.0 Å². The third kappa shape index (κ3) is 1.66. The maximum atomic E-state index is 6.17. The number of hydrogen-bond acceptors (Lipinski definition) is 4. The van der Waals surface area contributed by atoms with Crippen LogP contribution in [0.2, 0.25) is 5.15 Å². The van der Waals surface area contributed by atoms with E-state index in [1.54, 1.807) is 6.20 Å². The zero-order valence-corrected chi connectivity index (χ0v) is 9.77. The van der Waals surface area contributed by atoms with Gasteiger partial charge in [0.05, 0.1) is 11.9 Å². The molecule has 86 valence electrons. The van der Waals surface area contributed by atoms with Gasteiger partial charge in [0.1, 0.15) is 0 Å². The fourth-order valence-electron chi connectivity index (χ4n) is 2.98. The summed E-state index contributed by atoms with van der Waals surface area (Å²) in [5.41, 5.74) is 7.25. The number of aromatic nitrogens is 2. The van der Waals surface area contributed by atoms with Crippen LogP contribution in [0.5, 0.6) is 0 Å². The lowest BCUT2D eigenvalue weighted by Crippen LogP contribution is -2.48. The van der Waals surface area contributed by atoms with Gasteiger partial charge in [-0.05, 0) is 24.7 Å². The molecule has 16 heavy (non-hydrogen) atoms. The van der Waals surface area contributed by atoms with Crippen molar-refractivity contribution < 1.29 is 0 Å². The average Bonchev–Trinajstić information content (AvgIpc) is 2.53. The Labute approximate surface area is 99.8 Å². The Bertz CT molecular complexity index is 383. The van der Waals surface area contributed by atoms with Gasteiger partial charge in [-0.15, -0.1) is 5.10 Å². The molecule has 0 unspecified atom stereocenters. The molecule has 0 spiro atoms. The largest absolute Gasteiger partial charge is 0.369 e. The van der Waals surface area contributed by atoms with E-state index in [0.29, 0.717) is 23.0 Å². The van der Waals surface area contributed by atoms with Crippen molar-refractivity contribution in [1.29, 1.82) is 0 Å². The Balaban J connectivity index is 1.83. The molecule has 2 aliphatic rings. The number of hydrogen-bond donors (Lipinski definition) is 1. The first-order chi connectivity index (χ1) is 7.74. The second-order valence-electron chi connectivity index (χ2n) is 4.82. The zero-order chi connectivity index (χ0) is 11.1. The number of piperidine rings is 1. The van der Waals surface area contributed by atoms with Gasteiger partial charge in [0.2, 0.25) is 0 Å². The Morgan fingerprint density at radius 2 is 2.00 bits per heavy atom. The van der Waals surface area contributed by atoms with E-state index in [1.165, 1.54) is 12.8 Å². The van der Waals surface area contributed by atoms with Gasteiger partial charge in [-0.25, -0.2) is 0 Å². The van der Waals surface area contributed by atoms with Crippen molar-refractivity contribution in [2.45, 2.75) is 18.9 Å². The van der Waals surface area contributed by atoms with Gasteiger partial charge in [-0.2, -0.15) is 5.10 Å². The van der Waals surface area contributed by atoms with Crippen molar-refractivity contribution in [3.8, 4) is 0 Å². The first-order valence-corrected chi connectivity index (χ1v) is 6.10. The number of fused-ring (bicyclic) bond motifs is 2. The summed E-state index contributed by atoms with van der Waals surface area (Å²) in [5, 5.41) is 8.12. The van der Waals surface area contributed by atoms with Crippen LogP contribution in [-0.4, -0.2) is 29.3 Å². The molecule has 1 saturated heterocycles. The van der Waals surface area contributed by atoms with E-state index in [-0.39, 0.29) is 0 Å². The van der Waals surface area contributed by atoms with E-state index in [1.807, 2.05) is 6.07 Å². The summed E-state index contributed by atoms with van der Waals surface area (Å²) >= 11 is 5.86. The summed E-state index contributed by atoms with van der Waals surface area (Å²) < 4.78 is 0. The molecule has 1 aromatic heterocycles. The highest BCUT2D eigenvalue weighted by Crippen LogP contribution is 2.37. The molecule has 5 heteroatoms. The number of anilines is 1. The van der Waals surface area contributed by atoms with Crippen molar-refractivity contribution in [1.82, 2.24) is 10.2 Å². The van der Waals surface area contributed by atoms with Gasteiger partial charge in [-0.1, -0.05) is 11.6 Å². The van der Waals surface area contributed by atoms with Gasteiger partial charge >= 0.3 is 0 Å². The second kappa shape index (κ2) is 3.86. The average molecular weight is 239 g/mol. The molecule has 1 saturated carbocycles. The number of rotatable bonds is 1. The lowest BCUT2D eigenvalue weighted by molar-refractivity contribution is 0.356. The number of halogens is 1. The summed E-state index contributed by atoms with van der Waals surface area (Å²) in [4.78, 5) is 2.34. The minimum Gasteiger partial charge on any atom is -0.369 e. The van der Waals surface area contributed by atoms with Gasteiger partial charge < -0.3 is 10.6 Å². The smallest absolute Gasteiger partial charge is 0.153 e. The van der Waals surface area contributed by atoms with Crippen molar-refractivity contribution >= 4 is 17.3 Å². The molecule has 1 aliphatic heterocycles. The molecule has 2 bridgehead atoms. The van der Waals surface area contributed by atoms with Crippen molar-refractivity contribution in [3.63, 3.8) is 0 Å². The van der Waals surface area contributed by atoms with Crippen LogP contribution < -0.4 is 10.6 Å². The fraction of sp³-hybridized carbons (Fsp3) is 0.636. The third-order valence-electron chi connectivity index (χ3n) is 3.88. The maximum Gasteiger partial charge on any atom is 0.153 e. The molecule has 0 amide bonds. The van der Waals surface area contributed by atoms with Crippen LogP contribution in [0.25, 0.3) is 0 Å². The molecule has 3 rings (SSSR count). The molecular weight excluding hydrogens is 224 g/mol. The summed E-state index contributed by atoms with van der Waals surface area (Å²) in [6, 6.07) is 2.27. The van der Waals surface area contributed by atoms with Gasteiger partial charge in [0.15, 0.2) is 5.15 Å². The van der Waals surface area contributed by atoms with Gasteiger partial charge in [0.25, 0.3) is 0 Å². The summed E-state index contributed by atoms with van der Waals surface area (Å²) in [6.45, 7) is 2.05.